The zero-order valence-corrected chi connectivity index (χ0v) is 11.0. The van der Waals surface area contributed by atoms with Crippen LogP contribution in [0.1, 0.15) is 17.1 Å². The van der Waals surface area contributed by atoms with E-state index < -0.39 is 0 Å². The fraction of sp³-hybridized carbons (Fsp3) is 0.364. The molecule has 0 amide bonds. The van der Waals surface area contributed by atoms with Crippen molar-refractivity contribution in [1.29, 1.82) is 0 Å². The summed E-state index contributed by atoms with van der Waals surface area (Å²) < 4.78 is 1.75. The summed E-state index contributed by atoms with van der Waals surface area (Å²) >= 11 is 6.02. The molecule has 0 spiro atoms. The van der Waals surface area contributed by atoms with Crippen LogP contribution in [-0.2, 0) is 7.05 Å². The molecule has 0 fully saturated rings. The Bertz CT molecular complexity index is 561. The molecule has 6 heteroatoms. The van der Waals surface area contributed by atoms with Crippen LogP contribution >= 0.6 is 11.6 Å². The average molecular weight is 252 g/mol. The zero-order chi connectivity index (χ0) is 12.6. The molecule has 0 aliphatic heterocycles. The molecule has 2 aromatic rings. The van der Waals surface area contributed by atoms with Crippen LogP contribution in [0.4, 0.5) is 11.5 Å². The number of halogens is 1. The highest BCUT2D eigenvalue weighted by atomic mass is 35.5. The van der Waals surface area contributed by atoms with Crippen molar-refractivity contribution in [2.45, 2.75) is 20.8 Å². The molecule has 0 aromatic carbocycles. The summed E-state index contributed by atoms with van der Waals surface area (Å²) in [7, 11) is 1.88. The Labute approximate surface area is 105 Å². The van der Waals surface area contributed by atoms with E-state index in [-0.39, 0.29) is 0 Å². The summed E-state index contributed by atoms with van der Waals surface area (Å²) in [6, 6.07) is 0. The van der Waals surface area contributed by atoms with Crippen LogP contribution < -0.4 is 5.32 Å². The first-order chi connectivity index (χ1) is 7.97. The van der Waals surface area contributed by atoms with Gasteiger partial charge in [0.05, 0.1) is 11.4 Å². The molecule has 2 aromatic heterocycles. The molecule has 0 unspecified atom stereocenters. The summed E-state index contributed by atoms with van der Waals surface area (Å²) in [5.74, 6) is 1.36. The van der Waals surface area contributed by atoms with Gasteiger partial charge in [0, 0.05) is 18.8 Å². The predicted molar refractivity (Wildman–Crippen MR) is 67.7 cm³/mol. The summed E-state index contributed by atoms with van der Waals surface area (Å²) in [6.07, 6.45) is 1.90. The number of aryl methyl sites for hydroxylation is 3. The molecule has 0 aliphatic carbocycles. The van der Waals surface area contributed by atoms with Gasteiger partial charge in [0.15, 0.2) is 0 Å². The van der Waals surface area contributed by atoms with Gasteiger partial charge in [0.2, 0.25) is 0 Å². The SMILES string of the molecule is Cc1nc(Cl)c(C)c(Nc2cn(C)nc2C)n1. The highest BCUT2D eigenvalue weighted by Gasteiger charge is 2.10. The first-order valence-corrected chi connectivity index (χ1v) is 5.63. The maximum absolute atomic E-state index is 6.02. The fourth-order valence-corrected chi connectivity index (χ4v) is 1.78. The fourth-order valence-electron chi connectivity index (χ4n) is 1.57. The van der Waals surface area contributed by atoms with E-state index in [2.05, 4.69) is 20.4 Å². The Kier molecular flexibility index (Phi) is 3.02. The van der Waals surface area contributed by atoms with E-state index in [4.69, 9.17) is 11.6 Å². The monoisotopic (exact) mass is 251 g/mol. The largest absolute Gasteiger partial charge is 0.337 e. The van der Waals surface area contributed by atoms with Gasteiger partial charge in [-0.25, -0.2) is 9.97 Å². The van der Waals surface area contributed by atoms with E-state index in [1.165, 1.54) is 0 Å². The number of aromatic nitrogens is 4. The second-order valence-corrected chi connectivity index (χ2v) is 4.32. The third-order valence-electron chi connectivity index (χ3n) is 2.46. The molecule has 1 N–H and O–H groups in total. The van der Waals surface area contributed by atoms with E-state index >= 15 is 0 Å². The second kappa shape index (κ2) is 4.33. The lowest BCUT2D eigenvalue weighted by Gasteiger charge is -2.09. The molecular weight excluding hydrogens is 238 g/mol. The van der Waals surface area contributed by atoms with Gasteiger partial charge in [-0.1, -0.05) is 11.6 Å². The molecule has 0 saturated heterocycles. The van der Waals surface area contributed by atoms with Crippen LogP contribution in [0.5, 0.6) is 0 Å². The zero-order valence-electron chi connectivity index (χ0n) is 10.2. The topological polar surface area (TPSA) is 55.6 Å². The van der Waals surface area contributed by atoms with E-state index in [1.807, 2.05) is 34.0 Å². The molecule has 0 atom stereocenters. The number of anilines is 2. The summed E-state index contributed by atoms with van der Waals surface area (Å²) in [5, 5.41) is 7.96. The van der Waals surface area contributed by atoms with E-state index in [1.54, 1.807) is 4.68 Å². The van der Waals surface area contributed by atoms with Crippen LogP contribution in [0.15, 0.2) is 6.20 Å². The van der Waals surface area contributed by atoms with Crippen LogP contribution in [-0.4, -0.2) is 19.7 Å². The van der Waals surface area contributed by atoms with Crippen molar-refractivity contribution in [2.75, 3.05) is 5.32 Å². The molecule has 2 heterocycles. The van der Waals surface area contributed by atoms with Crippen LogP contribution in [0.2, 0.25) is 5.15 Å². The summed E-state index contributed by atoms with van der Waals surface area (Å²) in [4.78, 5) is 8.43. The number of rotatable bonds is 2. The Morgan fingerprint density at radius 3 is 2.53 bits per heavy atom. The van der Waals surface area contributed by atoms with Crippen molar-refractivity contribution in [3.63, 3.8) is 0 Å². The minimum atomic E-state index is 0.474. The quantitative estimate of drug-likeness (QED) is 0.834. The van der Waals surface area contributed by atoms with E-state index in [0.717, 1.165) is 22.8 Å². The molecule has 90 valence electrons. The maximum Gasteiger partial charge on any atom is 0.138 e. The minimum absolute atomic E-state index is 0.474. The highest BCUT2D eigenvalue weighted by molar-refractivity contribution is 6.30. The Morgan fingerprint density at radius 2 is 1.94 bits per heavy atom. The lowest BCUT2D eigenvalue weighted by atomic mass is 10.3. The van der Waals surface area contributed by atoms with Gasteiger partial charge in [0.25, 0.3) is 0 Å². The number of hydrogen-bond donors (Lipinski definition) is 1. The average Bonchev–Trinajstić information content (AvgIpc) is 2.53. The van der Waals surface area contributed by atoms with Gasteiger partial charge in [0.1, 0.15) is 16.8 Å². The Morgan fingerprint density at radius 1 is 1.24 bits per heavy atom. The standard InChI is InChI=1S/C11H14ClN5/c1-6-10(12)13-8(3)14-11(6)15-9-5-17(4)16-7(9)2/h5H,1-4H3,(H,13,14,15). The number of nitrogens with zero attached hydrogens (tertiary/aromatic N) is 4. The third kappa shape index (κ3) is 2.39. The third-order valence-corrected chi connectivity index (χ3v) is 2.83. The first kappa shape index (κ1) is 11.9. The van der Waals surface area contributed by atoms with E-state index in [9.17, 15) is 0 Å². The molecule has 0 radical (unpaired) electrons. The molecule has 17 heavy (non-hydrogen) atoms. The van der Waals surface area contributed by atoms with Crippen LogP contribution in [0.3, 0.4) is 0 Å². The highest BCUT2D eigenvalue weighted by Crippen LogP contribution is 2.24. The Hall–Kier alpha value is -1.62. The second-order valence-electron chi connectivity index (χ2n) is 3.96. The number of hydrogen-bond acceptors (Lipinski definition) is 4. The summed E-state index contributed by atoms with van der Waals surface area (Å²) in [6.45, 7) is 5.63. The molecule has 0 aliphatic rings. The Balaban J connectivity index is 2.39. The van der Waals surface area contributed by atoms with Gasteiger partial charge in [-0.2, -0.15) is 5.10 Å². The van der Waals surface area contributed by atoms with E-state index in [0.29, 0.717) is 11.0 Å². The normalized spacial score (nSPS) is 10.6. The van der Waals surface area contributed by atoms with Gasteiger partial charge in [-0.05, 0) is 20.8 Å². The van der Waals surface area contributed by atoms with Crippen molar-refractivity contribution in [1.82, 2.24) is 19.7 Å². The molecule has 0 saturated carbocycles. The van der Waals surface area contributed by atoms with Crippen molar-refractivity contribution in [3.8, 4) is 0 Å². The maximum atomic E-state index is 6.02. The lowest BCUT2D eigenvalue weighted by molar-refractivity contribution is 0.756. The smallest absolute Gasteiger partial charge is 0.138 e. The van der Waals surface area contributed by atoms with Crippen molar-refractivity contribution >= 4 is 23.1 Å². The summed E-state index contributed by atoms with van der Waals surface area (Å²) in [5.41, 5.74) is 2.67. The van der Waals surface area contributed by atoms with Gasteiger partial charge >= 0.3 is 0 Å². The predicted octanol–water partition coefficient (Wildman–Crippen LogP) is 2.53. The lowest BCUT2D eigenvalue weighted by Crippen LogP contribution is -2.01. The molecule has 2 rings (SSSR count). The molecule has 0 bridgehead atoms. The minimum Gasteiger partial charge on any atom is -0.337 e. The van der Waals surface area contributed by atoms with Crippen LogP contribution in [0, 0.1) is 20.8 Å². The van der Waals surface area contributed by atoms with Crippen molar-refractivity contribution in [3.05, 3.63) is 28.4 Å². The van der Waals surface area contributed by atoms with Crippen molar-refractivity contribution in [2.24, 2.45) is 7.05 Å². The van der Waals surface area contributed by atoms with Gasteiger partial charge in [-0.15, -0.1) is 0 Å². The molecular formula is C11H14ClN5. The van der Waals surface area contributed by atoms with Crippen LogP contribution in [0.25, 0.3) is 0 Å². The number of nitrogens with one attached hydrogen (secondary N) is 1. The van der Waals surface area contributed by atoms with Crippen molar-refractivity contribution < 1.29 is 0 Å². The first-order valence-electron chi connectivity index (χ1n) is 5.25. The van der Waals surface area contributed by atoms with Gasteiger partial charge < -0.3 is 5.32 Å². The van der Waals surface area contributed by atoms with Gasteiger partial charge in [-0.3, -0.25) is 4.68 Å². The molecule has 5 nitrogen and oxygen atoms in total.